The average Bonchev–Trinajstić information content (AvgIpc) is 2.82. The maximum absolute atomic E-state index is 12.0. The normalized spacial score (nSPS) is 19.4. The van der Waals surface area contributed by atoms with Crippen molar-refractivity contribution in [3.8, 4) is 0 Å². The lowest BCUT2D eigenvalue weighted by atomic mass is 10.1. The Morgan fingerprint density at radius 1 is 1.29 bits per heavy atom. The number of amides is 2. The molecule has 1 N–H and O–H groups in total. The van der Waals surface area contributed by atoms with E-state index in [0.717, 1.165) is 32.2 Å². The molecular weight excluding hydrogens is 216 g/mol. The summed E-state index contributed by atoms with van der Waals surface area (Å²) >= 11 is 0. The van der Waals surface area contributed by atoms with Gasteiger partial charge in [-0.25, -0.2) is 0 Å². The Morgan fingerprint density at radius 3 is 2.71 bits per heavy atom. The van der Waals surface area contributed by atoms with Gasteiger partial charge in [-0.15, -0.1) is 0 Å². The van der Waals surface area contributed by atoms with Gasteiger partial charge in [-0.2, -0.15) is 0 Å². The lowest BCUT2D eigenvalue weighted by Gasteiger charge is -2.23. The Kier molecular flexibility index (Phi) is 6.01. The van der Waals surface area contributed by atoms with E-state index in [1.165, 1.54) is 12.8 Å². The number of rotatable bonds is 6. The Hall–Kier alpha value is -1.06. The molecule has 0 spiro atoms. The minimum absolute atomic E-state index is 0.0237. The third kappa shape index (κ3) is 4.02. The van der Waals surface area contributed by atoms with Crippen molar-refractivity contribution in [2.75, 3.05) is 13.6 Å². The van der Waals surface area contributed by atoms with E-state index < -0.39 is 0 Å². The van der Waals surface area contributed by atoms with E-state index in [1.54, 1.807) is 11.9 Å². The minimum Gasteiger partial charge on any atom is -0.357 e. The van der Waals surface area contributed by atoms with Crippen LogP contribution in [0.3, 0.4) is 0 Å². The number of nitrogens with one attached hydrogen (secondary N) is 1. The summed E-state index contributed by atoms with van der Waals surface area (Å²) in [5, 5.41) is 2.64. The molecule has 0 saturated carbocycles. The first-order valence-corrected chi connectivity index (χ1v) is 6.71. The number of carbonyl (C=O) groups excluding carboxylic acids is 2. The van der Waals surface area contributed by atoms with Gasteiger partial charge in [-0.3, -0.25) is 9.59 Å². The molecule has 1 rings (SSSR count). The molecule has 1 unspecified atom stereocenters. The molecule has 1 saturated heterocycles. The van der Waals surface area contributed by atoms with Crippen molar-refractivity contribution < 1.29 is 9.59 Å². The molecule has 2 amide bonds. The largest absolute Gasteiger partial charge is 0.357 e. The molecule has 4 nitrogen and oxygen atoms in total. The molecule has 1 heterocycles. The second kappa shape index (κ2) is 7.30. The first-order valence-electron chi connectivity index (χ1n) is 6.71. The van der Waals surface area contributed by atoms with E-state index in [0.29, 0.717) is 6.42 Å². The molecule has 0 aromatic rings. The van der Waals surface area contributed by atoms with Crippen LogP contribution in [0.15, 0.2) is 0 Å². The van der Waals surface area contributed by atoms with Gasteiger partial charge in [0.15, 0.2) is 0 Å². The van der Waals surface area contributed by atoms with Gasteiger partial charge in [0, 0.05) is 20.0 Å². The van der Waals surface area contributed by atoms with Gasteiger partial charge < -0.3 is 10.2 Å². The molecule has 98 valence electrons. The molecule has 1 atom stereocenters. The number of nitrogens with zero attached hydrogens (tertiary/aromatic N) is 1. The summed E-state index contributed by atoms with van der Waals surface area (Å²) in [7, 11) is 1.63. The Balaban J connectivity index is 2.37. The summed E-state index contributed by atoms with van der Waals surface area (Å²) < 4.78 is 0. The van der Waals surface area contributed by atoms with Gasteiger partial charge in [-0.05, 0) is 19.3 Å². The Morgan fingerprint density at radius 2 is 2.06 bits per heavy atom. The molecule has 1 aliphatic heterocycles. The lowest BCUT2D eigenvalue weighted by molar-refractivity contribution is -0.138. The minimum atomic E-state index is -0.223. The van der Waals surface area contributed by atoms with Gasteiger partial charge in [-0.1, -0.05) is 26.2 Å². The molecule has 1 fully saturated rings. The van der Waals surface area contributed by atoms with Crippen molar-refractivity contribution >= 4 is 11.8 Å². The Bertz CT molecular complexity index is 266. The van der Waals surface area contributed by atoms with Crippen LogP contribution in [0.2, 0.25) is 0 Å². The maximum Gasteiger partial charge on any atom is 0.242 e. The monoisotopic (exact) mass is 240 g/mol. The molecule has 0 aromatic heterocycles. The number of unbranched alkanes of at least 4 members (excludes halogenated alkanes) is 3. The van der Waals surface area contributed by atoms with Crippen LogP contribution in [0.25, 0.3) is 0 Å². The van der Waals surface area contributed by atoms with E-state index in [2.05, 4.69) is 12.2 Å². The van der Waals surface area contributed by atoms with Crippen LogP contribution in [-0.4, -0.2) is 36.3 Å². The first kappa shape index (κ1) is 14.0. The molecule has 0 aliphatic carbocycles. The summed E-state index contributed by atoms with van der Waals surface area (Å²) in [6.45, 7) is 2.90. The second-order valence-electron chi connectivity index (χ2n) is 4.67. The topological polar surface area (TPSA) is 49.4 Å². The predicted molar refractivity (Wildman–Crippen MR) is 67.6 cm³/mol. The first-order chi connectivity index (χ1) is 8.20. The van der Waals surface area contributed by atoms with Gasteiger partial charge >= 0.3 is 0 Å². The summed E-state index contributed by atoms with van der Waals surface area (Å²) in [5.41, 5.74) is 0. The molecule has 4 heteroatoms. The number of carbonyl (C=O) groups is 2. The summed E-state index contributed by atoms with van der Waals surface area (Å²) in [4.78, 5) is 25.3. The fraction of sp³-hybridized carbons (Fsp3) is 0.846. The van der Waals surface area contributed by atoms with E-state index >= 15 is 0 Å². The van der Waals surface area contributed by atoms with Gasteiger partial charge in [0.25, 0.3) is 0 Å². The SMILES string of the molecule is CCCCCCC(=O)N1CCCC1C(=O)NC. The highest BCUT2D eigenvalue weighted by Gasteiger charge is 2.32. The molecular formula is C13H24N2O2. The van der Waals surface area contributed by atoms with Gasteiger partial charge in [0.05, 0.1) is 0 Å². The summed E-state index contributed by atoms with van der Waals surface area (Å²) in [5.74, 6) is 0.122. The summed E-state index contributed by atoms with van der Waals surface area (Å²) in [6.07, 6.45) is 6.77. The number of likely N-dealkylation sites (tertiary alicyclic amines) is 1. The number of hydrogen-bond donors (Lipinski definition) is 1. The highest BCUT2D eigenvalue weighted by atomic mass is 16.2. The highest BCUT2D eigenvalue weighted by molar-refractivity contribution is 5.88. The molecule has 0 bridgehead atoms. The van der Waals surface area contributed by atoms with Crippen LogP contribution in [0.4, 0.5) is 0 Å². The molecule has 0 aromatic carbocycles. The fourth-order valence-corrected chi connectivity index (χ4v) is 2.35. The third-order valence-electron chi connectivity index (χ3n) is 3.37. The Labute approximate surface area is 104 Å². The standard InChI is InChI=1S/C13H24N2O2/c1-3-4-5-6-9-12(16)15-10-7-8-11(15)13(17)14-2/h11H,3-10H2,1-2H3,(H,14,17). The van der Waals surface area contributed by atoms with Crippen molar-refractivity contribution in [1.29, 1.82) is 0 Å². The summed E-state index contributed by atoms with van der Waals surface area (Å²) in [6, 6.07) is -0.223. The van der Waals surface area contributed by atoms with Gasteiger partial charge in [0.2, 0.25) is 11.8 Å². The van der Waals surface area contributed by atoms with Crippen molar-refractivity contribution in [1.82, 2.24) is 10.2 Å². The number of hydrogen-bond acceptors (Lipinski definition) is 2. The molecule has 17 heavy (non-hydrogen) atoms. The van der Waals surface area contributed by atoms with Crippen molar-refractivity contribution in [3.63, 3.8) is 0 Å². The second-order valence-corrected chi connectivity index (χ2v) is 4.67. The van der Waals surface area contributed by atoms with Crippen LogP contribution in [0, 0.1) is 0 Å². The van der Waals surface area contributed by atoms with Crippen LogP contribution < -0.4 is 5.32 Å². The smallest absolute Gasteiger partial charge is 0.242 e. The molecule has 0 radical (unpaired) electrons. The number of likely N-dealkylation sites (N-methyl/N-ethyl adjacent to an activating group) is 1. The van der Waals surface area contributed by atoms with Crippen LogP contribution in [0.5, 0.6) is 0 Å². The van der Waals surface area contributed by atoms with E-state index in [9.17, 15) is 9.59 Å². The zero-order chi connectivity index (χ0) is 12.7. The van der Waals surface area contributed by atoms with Crippen LogP contribution in [-0.2, 0) is 9.59 Å². The van der Waals surface area contributed by atoms with Crippen LogP contribution in [0.1, 0.15) is 51.9 Å². The van der Waals surface area contributed by atoms with Gasteiger partial charge in [0.1, 0.15) is 6.04 Å². The fourth-order valence-electron chi connectivity index (χ4n) is 2.35. The lowest BCUT2D eigenvalue weighted by Crippen LogP contribution is -2.44. The van der Waals surface area contributed by atoms with Crippen molar-refractivity contribution in [3.05, 3.63) is 0 Å². The van der Waals surface area contributed by atoms with Crippen molar-refractivity contribution in [2.45, 2.75) is 57.9 Å². The van der Waals surface area contributed by atoms with E-state index in [-0.39, 0.29) is 17.9 Å². The predicted octanol–water partition coefficient (Wildman–Crippen LogP) is 1.69. The zero-order valence-electron chi connectivity index (χ0n) is 11.0. The van der Waals surface area contributed by atoms with Crippen LogP contribution >= 0.6 is 0 Å². The molecule has 1 aliphatic rings. The zero-order valence-corrected chi connectivity index (χ0v) is 11.0. The van der Waals surface area contributed by atoms with E-state index in [4.69, 9.17) is 0 Å². The highest BCUT2D eigenvalue weighted by Crippen LogP contribution is 2.19. The maximum atomic E-state index is 12.0. The van der Waals surface area contributed by atoms with E-state index in [1.807, 2.05) is 0 Å². The quantitative estimate of drug-likeness (QED) is 0.718. The van der Waals surface area contributed by atoms with Crippen molar-refractivity contribution in [2.24, 2.45) is 0 Å². The average molecular weight is 240 g/mol. The third-order valence-corrected chi connectivity index (χ3v) is 3.37.